The second-order valence-electron chi connectivity index (χ2n) is 6.41. The highest BCUT2D eigenvalue weighted by Gasteiger charge is 2.16. The lowest BCUT2D eigenvalue weighted by molar-refractivity contribution is 0.462. The van der Waals surface area contributed by atoms with Gasteiger partial charge in [0.15, 0.2) is 11.6 Å². The van der Waals surface area contributed by atoms with Crippen LogP contribution in [0.3, 0.4) is 0 Å². The van der Waals surface area contributed by atoms with E-state index in [1.165, 1.54) is 43.2 Å². The monoisotopic (exact) mass is 311 g/mol. The van der Waals surface area contributed by atoms with Crippen LogP contribution in [0.2, 0.25) is 0 Å². The second kappa shape index (κ2) is 6.86. The molecule has 5 nitrogen and oxygen atoms in total. The quantitative estimate of drug-likeness (QED) is 0.790. The van der Waals surface area contributed by atoms with Crippen LogP contribution in [0.5, 0.6) is 0 Å². The van der Waals surface area contributed by atoms with E-state index in [-0.39, 0.29) is 0 Å². The number of benzene rings is 1. The predicted octanol–water partition coefficient (Wildman–Crippen LogP) is 4.16. The maximum absolute atomic E-state index is 6.28. The van der Waals surface area contributed by atoms with Gasteiger partial charge in [-0.2, -0.15) is 0 Å². The van der Waals surface area contributed by atoms with Gasteiger partial charge in [-0.25, -0.2) is 9.97 Å². The molecule has 122 valence electrons. The fraction of sp³-hybridized carbons (Fsp3) is 0.444. The highest BCUT2D eigenvalue weighted by atomic mass is 15.1. The summed E-state index contributed by atoms with van der Waals surface area (Å²) in [7, 11) is 0. The van der Waals surface area contributed by atoms with Crippen molar-refractivity contribution in [3.63, 3.8) is 0 Å². The van der Waals surface area contributed by atoms with Crippen molar-refractivity contribution < 1.29 is 0 Å². The van der Waals surface area contributed by atoms with Crippen LogP contribution >= 0.6 is 0 Å². The normalized spacial score (nSPS) is 15.4. The fourth-order valence-electron chi connectivity index (χ4n) is 3.13. The van der Waals surface area contributed by atoms with Gasteiger partial charge in [-0.3, -0.25) is 0 Å². The molecule has 5 heteroatoms. The van der Waals surface area contributed by atoms with Crippen LogP contribution in [0.1, 0.15) is 43.2 Å². The van der Waals surface area contributed by atoms with Crippen molar-refractivity contribution in [2.75, 3.05) is 16.4 Å². The van der Waals surface area contributed by atoms with Crippen LogP contribution in [-0.4, -0.2) is 16.0 Å². The van der Waals surface area contributed by atoms with E-state index in [4.69, 9.17) is 5.73 Å². The van der Waals surface area contributed by atoms with Crippen LogP contribution < -0.4 is 16.4 Å². The molecule has 0 unspecified atom stereocenters. The van der Waals surface area contributed by atoms with Gasteiger partial charge in [0, 0.05) is 11.7 Å². The Hall–Kier alpha value is -2.30. The Labute approximate surface area is 137 Å². The molecule has 0 spiro atoms. The zero-order valence-electron chi connectivity index (χ0n) is 13.9. The number of nitrogens with one attached hydrogen (secondary N) is 2. The van der Waals surface area contributed by atoms with Gasteiger partial charge in [0.2, 0.25) is 0 Å². The Bertz CT molecular complexity index is 677. The molecule has 2 aromatic rings. The van der Waals surface area contributed by atoms with Crippen molar-refractivity contribution in [3.8, 4) is 0 Å². The molecule has 1 fully saturated rings. The molecule has 1 saturated carbocycles. The lowest BCUT2D eigenvalue weighted by Gasteiger charge is -2.24. The minimum Gasteiger partial charge on any atom is -0.393 e. The van der Waals surface area contributed by atoms with Crippen LogP contribution in [-0.2, 0) is 0 Å². The maximum atomic E-state index is 6.28. The SMILES string of the molecule is Cc1ccc(Nc2ncnc(NC3CCCCC3)c2N)c(C)c1. The molecule has 23 heavy (non-hydrogen) atoms. The summed E-state index contributed by atoms with van der Waals surface area (Å²) in [5.74, 6) is 1.39. The summed E-state index contributed by atoms with van der Waals surface area (Å²) in [5, 5.41) is 6.81. The van der Waals surface area contributed by atoms with Gasteiger partial charge in [-0.1, -0.05) is 37.0 Å². The molecule has 0 aliphatic heterocycles. The predicted molar refractivity (Wildman–Crippen MR) is 96.1 cm³/mol. The Morgan fingerprint density at radius 2 is 1.78 bits per heavy atom. The number of nitrogen functional groups attached to an aromatic ring is 1. The van der Waals surface area contributed by atoms with Crippen molar-refractivity contribution in [3.05, 3.63) is 35.7 Å². The van der Waals surface area contributed by atoms with Crippen LogP contribution in [0.4, 0.5) is 23.0 Å². The van der Waals surface area contributed by atoms with E-state index in [2.05, 4.69) is 52.6 Å². The van der Waals surface area contributed by atoms with Crippen molar-refractivity contribution in [1.82, 2.24) is 9.97 Å². The van der Waals surface area contributed by atoms with Gasteiger partial charge in [0.1, 0.15) is 12.0 Å². The van der Waals surface area contributed by atoms with Crippen molar-refractivity contribution in [2.24, 2.45) is 0 Å². The highest BCUT2D eigenvalue weighted by molar-refractivity contribution is 5.78. The highest BCUT2D eigenvalue weighted by Crippen LogP contribution is 2.29. The lowest BCUT2D eigenvalue weighted by atomic mass is 9.95. The summed E-state index contributed by atoms with van der Waals surface area (Å²) < 4.78 is 0. The Balaban J connectivity index is 1.78. The van der Waals surface area contributed by atoms with Crippen molar-refractivity contribution >= 4 is 23.0 Å². The van der Waals surface area contributed by atoms with Gasteiger partial charge >= 0.3 is 0 Å². The molecule has 1 aliphatic carbocycles. The van der Waals surface area contributed by atoms with Gasteiger partial charge in [-0.15, -0.1) is 0 Å². The molecule has 0 amide bonds. The van der Waals surface area contributed by atoms with E-state index < -0.39 is 0 Å². The first kappa shape index (κ1) is 15.6. The van der Waals surface area contributed by atoms with Gasteiger partial charge in [-0.05, 0) is 38.3 Å². The smallest absolute Gasteiger partial charge is 0.159 e. The first-order valence-corrected chi connectivity index (χ1v) is 8.35. The van der Waals surface area contributed by atoms with Gasteiger partial charge in [0.25, 0.3) is 0 Å². The zero-order valence-corrected chi connectivity index (χ0v) is 13.9. The van der Waals surface area contributed by atoms with Crippen molar-refractivity contribution in [1.29, 1.82) is 0 Å². The number of aromatic nitrogens is 2. The molecule has 4 N–H and O–H groups in total. The number of nitrogens with two attached hydrogens (primary N) is 1. The number of rotatable bonds is 4. The molecule has 3 rings (SSSR count). The number of hydrogen-bond donors (Lipinski definition) is 3. The minimum atomic E-state index is 0.468. The third-order valence-electron chi connectivity index (χ3n) is 4.46. The Morgan fingerprint density at radius 3 is 2.52 bits per heavy atom. The number of nitrogens with zero attached hydrogens (tertiary/aromatic N) is 2. The number of aryl methyl sites for hydroxylation is 2. The van der Waals surface area contributed by atoms with E-state index in [9.17, 15) is 0 Å². The number of anilines is 4. The molecule has 0 atom stereocenters. The minimum absolute atomic E-state index is 0.468. The van der Waals surface area contributed by atoms with Crippen LogP contribution in [0.15, 0.2) is 24.5 Å². The van der Waals surface area contributed by atoms with E-state index in [1.807, 2.05) is 0 Å². The summed E-state index contributed by atoms with van der Waals surface area (Å²) in [6.45, 7) is 4.16. The second-order valence-corrected chi connectivity index (χ2v) is 6.41. The van der Waals surface area contributed by atoms with E-state index in [0.29, 0.717) is 17.5 Å². The molecule has 1 aromatic carbocycles. The third-order valence-corrected chi connectivity index (χ3v) is 4.46. The van der Waals surface area contributed by atoms with E-state index in [0.717, 1.165) is 11.5 Å². The first-order chi connectivity index (χ1) is 11.1. The molecule has 0 bridgehead atoms. The lowest BCUT2D eigenvalue weighted by Crippen LogP contribution is -2.23. The van der Waals surface area contributed by atoms with Gasteiger partial charge in [0.05, 0.1) is 0 Å². The molecule has 1 heterocycles. The molecule has 1 aliphatic rings. The topological polar surface area (TPSA) is 75.9 Å². The maximum Gasteiger partial charge on any atom is 0.159 e. The average molecular weight is 311 g/mol. The van der Waals surface area contributed by atoms with Gasteiger partial charge < -0.3 is 16.4 Å². The third kappa shape index (κ3) is 3.73. The molecular formula is C18H25N5. The zero-order chi connectivity index (χ0) is 16.2. The average Bonchev–Trinajstić information content (AvgIpc) is 2.54. The molecular weight excluding hydrogens is 286 g/mol. The van der Waals surface area contributed by atoms with Crippen LogP contribution in [0, 0.1) is 13.8 Å². The molecule has 0 saturated heterocycles. The summed E-state index contributed by atoms with van der Waals surface area (Å²) in [6, 6.07) is 6.74. The van der Waals surface area contributed by atoms with E-state index >= 15 is 0 Å². The molecule has 0 radical (unpaired) electrons. The Kier molecular flexibility index (Phi) is 4.65. The summed E-state index contributed by atoms with van der Waals surface area (Å²) in [4.78, 5) is 8.63. The Morgan fingerprint density at radius 1 is 1.04 bits per heavy atom. The van der Waals surface area contributed by atoms with Crippen molar-refractivity contribution in [2.45, 2.75) is 52.0 Å². The standard InChI is InChI=1S/C18H25N5/c1-12-8-9-15(13(2)10-12)23-18-16(19)17(20-11-21-18)22-14-6-4-3-5-7-14/h8-11,14H,3-7,19H2,1-2H3,(H2,20,21,22,23). The first-order valence-electron chi connectivity index (χ1n) is 8.35. The largest absolute Gasteiger partial charge is 0.393 e. The summed E-state index contributed by atoms with van der Waals surface area (Å²) in [5.41, 5.74) is 10.3. The molecule has 1 aromatic heterocycles. The van der Waals surface area contributed by atoms with E-state index in [1.54, 1.807) is 6.33 Å². The van der Waals surface area contributed by atoms with Crippen LogP contribution in [0.25, 0.3) is 0 Å². The fourth-order valence-corrected chi connectivity index (χ4v) is 3.13. The summed E-state index contributed by atoms with van der Waals surface area (Å²) >= 11 is 0. The number of hydrogen-bond acceptors (Lipinski definition) is 5. The summed E-state index contributed by atoms with van der Waals surface area (Å²) in [6.07, 6.45) is 7.81.